The average molecular weight is 368 g/mol. The fourth-order valence-corrected chi connectivity index (χ4v) is 5.83. The average Bonchev–Trinajstić information content (AvgIpc) is 2.66. The van der Waals surface area contributed by atoms with Gasteiger partial charge in [-0.25, -0.2) is 4.39 Å². The summed E-state index contributed by atoms with van der Waals surface area (Å²) in [5.74, 6) is 0.333. The van der Waals surface area contributed by atoms with E-state index in [4.69, 9.17) is 0 Å². The van der Waals surface area contributed by atoms with Gasteiger partial charge in [-0.3, -0.25) is 0 Å². The number of phenolic OH excluding ortho intramolecular Hbond substituents is 2. The van der Waals surface area contributed by atoms with E-state index in [1.165, 1.54) is 55.0 Å². The topological polar surface area (TPSA) is 64.5 Å². The van der Waals surface area contributed by atoms with Gasteiger partial charge < -0.3 is 20.8 Å². The smallest absolute Gasteiger partial charge is 0.139 e. The van der Waals surface area contributed by atoms with Gasteiger partial charge in [-0.1, -0.05) is 12.8 Å². The van der Waals surface area contributed by atoms with Crippen LogP contribution in [0.4, 0.5) is 15.8 Å². The summed E-state index contributed by atoms with van der Waals surface area (Å²) in [5, 5.41) is 27.4. The van der Waals surface area contributed by atoms with Crippen molar-refractivity contribution in [3.8, 4) is 11.5 Å². The molecule has 0 spiro atoms. The van der Waals surface area contributed by atoms with E-state index in [9.17, 15) is 14.6 Å². The van der Waals surface area contributed by atoms with Crippen molar-refractivity contribution in [2.45, 2.75) is 50.0 Å². The molecule has 2 aromatic rings. The zero-order valence-corrected chi connectivity index (χ0v) is 15.3. The Labute approximate surface area is 158 Å². The van der Waals surface area contributed by atoms with Crippen molar-refractivity contribution in [2.75, 3.05) is 11.9 Å². The first-order valence-corrected chi connectivity index (χ1v) is 9.92. The van der Waals surface area contributed by atoms with Crippen LogP contribution in [0.5, 0.6) is 11.5 Å². The number of hydrogen-bond donors (Lipinski definition) is 4. The molecule has 5 heteroatoms. The Bertz CT molecular complexity index is 896. The second-order valence-electron chi connectivity index (χ2n) is 8.34. The van der Waals surface area contributed by atoms with Gasteiger partial charge in [0.15, 0.2) is 0 Å². The standard InChI is InChI=1S/C22H25FN2O2/c23-14-4-5-20(26)19(11-14)25-18-10-13-9-17-15-3-1-2-6-22(15,7-8-24-17)16(13)12-21(18)27/h4-5,10-12,15,17,24-27H,1-3,6-9H2/t15-,17+,22+/m1/s1. The molecule has 0 amide bonds. The summed E-state index contributed by atoms with van der Waals surface area (Å²) < 4.78 is 13.5. The monoisotopic (exact) mass is 368 g/mol. The van der Waals surface area contributed by atoms with Crippen LogP contribution in [-0.2, 0) is 11.8 Å². The van der Waals surface area contributed by atoms with Crippen molar-refractivity contribution in [3.05, 3.63) is 47.3 Å². The van der Waals surface area contributed by atoms with E-state index < -0.39 is 5.82 Å². The van der Waals surface area contributed by atoms with E-state index >= 15 is 0 Å². The predicted molar refractivity (Wildman–Crippen MR) is 103 cm³/mol. The zero-order chi connectivity index (χ0) is 18.6. The molecule has 0 unspecified atom stereocenters. The molecule has 4 N–H and O–H groups in total. The molecule has 0 aromatic heterocycles. The molecular weight excluding hydrogens is 343 g/mol. The molecule has 142 valence electrons. The maximum Gasteiger partial charge on any atom is 0.139 e. The molecule has 1 saturated carbocycles. The van der Waals surface area contributed by atoms with Gasteiger partial charge in [0.05, 0.1) is 11.4 Å². The van der Waals surface area contributed by atoms with Crippen molar-refractivity contribution in [1.82, 2.24) is 5.32 Å². The van der Waals surface area contributed by atoms with Gasteiger partial charge in [-0.2, -0.15) is 0 Å². The van der Waals surface area contributed by atoms with Crippen LogP contribution in [0.2, 0.25) is 0 Å². The van der Waals surface area contributed by atoms with Crippen LogP contribution in [0.15, 0.2) is 30.3 Å². The van der Waals surface area contributed by atoms with Crippen LogP contribution in [0.25, 0.3) is 0 Å². The van der Waals surface area contributed by atoms with Gasteiger partial charge >= 0.3 is 0 Å². The maximum absolute atomic E-state index is 13.5. The molecule has 1 aliphatic heterocycles. The third-order valence-electron chi connectivity index (χ3n) is 6.99. The summed E-state index contributed by atoms with van der Waals surface area (Å²) >= 11 is 0. The Morgan fingerprint density at radius 1 is 1.04 bits per heavy atom. The Kier molecular flexibility index (Phi) is 3.83. The van der Waals surface area contributed by atoms with E-state index in [-0.39, 0.29) is 22.6 Å². The highest BCUT2D eigenvalue weighted by molar-refractivity contribution is 5.72. The first-order chi connectivity index (χ1) is 13.1. The number of piperidine rings is 1. The SMILES string of the molecule is Oc1ccc(F)cc1Nc1cc2c(cc1O)[C@]13CCCC[C@@H]1[C@H](C2)NCC3. The molecule has 2 bridgehead atoms. The van der Waals surface area contributed by atoms with Gasteiger partial charge in [0.25, 0.3) is 0 Å². The van der Waals surface area contributed by atoms with Crippen LogP contribution in [0, 0.1) is 11.7 Å². The number of hydrogen-bond acceptors (Lipinski definition) is 4. The minimum Gasteiger partial charge on any atom is -0.506 e. The van der Waals surface area contributed by atoms with E-state index in [1.807, 2.05) is 12.1 Å². The normalized spacial score (nSPS) is 28.9. The van der Waals surface area contributed by atoms with Crippen LogP contribution < -0.4 is 10.6 Å². The molecule has 4 nitrogen and oxygen atoms in total. The molecule has 5 rings (SSSR count). The molecule has 2 aromatic carbocycles. The molecule has 0 radical (unpaired) electrons. The number of rotatable bonds is 2. The van der Waals surface area contributed by atoms with E-state index in [2.05, 4.69) is 10.6 Å². The van der Waals surface area contributed by atoms with Crippen molar-refractivity contribution >= 4 is 11.4 Å². The minimum absolute atomic E-state index is 0.0435. The predicted octanol–water partition coefficient (Wildman–Crippen LogP) is 4.33. The van der Waals surface area contributed by atoms with E-state index in [1.54, 1.807) is 0 Å². The highest BCUT2D eigenvalue weighted by atomic mass is 19.1. The molecular formula is C22H25FN2O2. The summed E-state index contributed by atoms with van der Waals surface area (Å²) in [5.41, 5.74) is 3.50. The quantitative estimate of drug-likeness (QED) is 0.596. The Hall–Kier alpha value is -2.27. The lowest BCUT2D eigenvalue weighted by molar-refractivity contribution is 0.0796. The summed E-state index contributed by atoms with van der Waals surface area (Å²) in [6, 6.07) is 8.16. The van der Waals surface area contributed by atoms with Gasteiger partial charge in [0.1, 0.15) is 17.3 Å². The largest absolute Gasteiger partial charge is 0.506 e. The number of anilines is 2. The Morgan fingerprint density at radius 2 is 1.89 bits per heavy atom. The summed E-state index contributed by atoms with van der Waals surface area (Å²) in [6.07, 6.45) is 7.07. The van der Waals surface area contributed by atoms with Crippen LogP contribution in [-0.4, -0.2) is 22.8 Å². The lowest BCUT2D eigenvalue weighted by atomic mass is 9.53. The number of aromatic hydroxyl groups is 2. The fraction of sp³-hybridized carbons (Fsp3) is 0.455. The summed E-state index contributed by atoms with van der Waals surface area (Å²) in [7, 11) is 0. The molecule has 3 aliphatic rings. The lowest BCUT2D eigenvalue weighted by Crippen LogP contribution is -2.59. The Balaban J connectivity index is 1.57. The maximum atomic E-state index is 13.5. The second kappa shape index (κ2) is 6.13. The van der Waals surface area contributed by atoms with Crippen molar-refractivity contribution in [1.29, 1.82) is 0 Å². The zero-order valence-electron chi connectivity index (χ0n) is 15.3. The van der Waals surface area contributed by atoms with Gasteiger partial charge in [-0.15, -0.1) is 0 Å². The highest BCUT2D eigenvalue weighted by Crippen LogP contribution is 2.55. The van der Waals surface area contributed by atoms with Gasteiger partial charge in [0.2, 0.25) is 0 Å². The summed E-state index contributed by atoms with van der Waals surface area (Å²) in [4.78, 5) is 0. The van der Waals surface area contributed by atoms with Crippen molar-refractivity contribution < 1.29 is 14.6 Å². The van der Waals surface area contributed by atoms with Crippen molar-refractivity contribution in [2.24, 2.45) is 5.92 Å². The van der Waals surface area contributed by atoms with Gasteiger partial charge in [-0.05, 0) is 73.5 Å². The Morgan fingerprint density at radius 3 is 2.78 bits per heavy atom. The van der Waals surface area contributed by atoms with E-state index in [0.29, 0.717) is 17.6 Å². The fourth-order valence-electron chi connectivity index (χ4n) is 5.83. The lowest BCUT2D eigenvalue weighted by Gasteiger charge is -2.56. The highest BCUT2D eigenvalue weighted by Gasteiger charge is 2.51. The molecule has 1 heterocycles. The third kappa shape index (κ3) is 2.59. The van der Waals surface area contributed by atoms with Gasteiger partial charge in [0, 0.05) is 17.5 Å². The number of fused-ring (bicyclic) bond motifs is 1. The molecule has 27 heavy (non-hydrogen) atoms. The van der Waals surface area contributed by atoms with Crippen LogP contribution in [0.1, 0.15) is 43.2 Å². The molecule has 2 aliphatic carbocycles. The van der Waals surface area contributed by atoms with Crippen molar-refractivity contribution in [3.63, 3.8) is 0 Å². The number of benzene rings is 2. The second-order valence-corrected chi connectivity index (χ2v) is 8.34. The first kappa shape index (κ1) is 16.9. The minimum atomic E-state index is -0.435. The van der Waals surface area contributed by atoms with E-state index in [0.717, 1.165) is 19.4 Å². The number of phenols is 2. The van der Waals surface area contributed by atoms with Crippen LogP contribution >= 0.6 is 0 Å². The molecule has 2 fully saturated rings. The number of nitrogens with one attached hydrogen (secondary N) is 2. The molecule has 1 saturated heterocycles. The van der Waals surface area contributed by atoms with Crippen LogP contribution in [0.3, 0.4) is 0 Å². The first-order valence-electron chi connectivity index (χ1n) is 9.92. The molecule has 3 atom stereocenters. The summed E-state index contributed by atoms with van der Waals surface area (Å²) in [6.45, 7) is 1.04. The third-order valence-corrected chi connectivity index (χ3v) is 6.99. The number of halogens is 1.